The van der Waals surface area contributed by atoms with Crippen molar-refractivity contribution < 1.29 is 0 Å². The van der Waals surface area contributed by atoms with Crippen molar-refractivity contribution in [3.63, 3.8) is 0 Å². The maximum Gasteiger partial charge on any atom is 0.149 e. The first-order chi connectivity index (χ1) is 5.11. The van der Waals surface area contributed by atoms with E-state index in [1.54, 1.807) is 6.20 Å². The minimum Gasteiger partial charge on any atom is -0.361 e. The molecule has 0 saturated carbocycles. The van der Waals surface area contributed by atoms with Crippen LogP contribution in [-0.4, -0.2) is 24.1 Å². The number of hydrogen-bond acceptors (Lipinski definition) is 3. The van der Waals surface area contributed by atoms with E-state index in [9.17, 15) is 0 Å². The maximum atomic E-state index is 4.21. The third-order valence-corrected chi connectivity index (χ3v) is 1.70. The molecule has 0 aliphatic rings. The summed E-state index contributed by atoms with van der Waals surface area (Å²) in [6, 6.07) is 0. The van der Waals surface area contributed by atoms with E-state index in [-0.39, 0.29) is 0 Å². The van der Waals surface area contributed by atoms with Gasteiger partial charge < -0.3 is 4.90 Å². The van der Waals surface area contributed by atoms with Crippen LogP contribution in [0.3, 0.4) is 0 Å². The van der Waals surface area contributed by atoms with Gasteiger partial charge in [-0.25, -0.2) is 9.97 Å². The summed E-state index contributed by atoms with van der Waals surface area (Å²) in [6.45, 7) is 1.94. The molecule has 0 spiro atoms. The van der Waals surface area contributed by atoms with Crippen LogP contribution in [0.4, 0.5) is 5.82 Å². The van der Waals surface area contributed by atoms with Crippen LogP contribution in [0.2, 0.25) is 0 Å². The Balaban J connectivity index is 3.09. The summed E-state index contributed by atoms with van der Waals surface area (Å²) in [5, 5.41) is 0. The Labute approximate surface area is 74.6 Å². The van der Waals surface area contributed by atoms with Gasteiger partial charge in [0.2, 0.25) is 0 Å². The van der Waals surface area contributed by atoms with Gasteiger partial charge >= 0.3 is 0 Å². The minimum atomic E-state index is 0.778. The fourth-order valence-corrected chi connectivity index (χ4v) is 1.25. The SMILES string of the molecule is Cc1nc(Br)cnc1N(C)C. The zero-order valence-electron chi connectivity index (χ0n) is 6.80. The number of aryl methyl sites for hydroxylation is 1. The van der Waals surface area contributed by atoms with Gasteiger partial charge in [0, 0.05) is 14.1 Å². The smallest absolute Gasteiger partial charge is 0.149 e. The van der Waals surface area contributed by atoms with Gasteiger partial charge in [-0.05, 0) is 22.9 Å². The fourth-order valence-electron chi connectivity index (χ4n) is 0.886. The molecule has 0 N–H and O–H groups in total. The van der Waals surface area contributed by atoms with E-state index < -0.39 is 0 Å². The highest BCUT2D eigenvalue weighted by molar-refractivity contribution is 9.10. The first-order valence-corrected chi connectivity index (χ1v) is 4.07. The van der Waals surface area contributed by atoms with E-state index in [2.05, 4.69) is 25.9 Å². The van der Waals surface area contributed by atoms with Crippen molar-refractivity contribution in [3.8, 4) is 0 Å². The quantitative estimate of drug-likeness (QED) is 0.714. The third kappa shape index (κ3) is 1.89. The van der Waals surface area contributed by atoms with E-state index in [0.29, 0.717) is 0 Å². The lowest BCUT2D eigenvalue weighted by molar-refractivity contribution is 0.993. The number of halogens is 1. The molecule has 1 rings (SSSR count). The maximum absolute atomic E-state index is 4.21. The molecular formula is C7H10BrN3. The van der Waals surface area contributed by atoms with Crippen molar-refractivity contribution in [1.82, 2.24) is 9.97 Å². The Morgan fingerprint density at radius 1 is 1.45 bits per heavy atom. The van der Waals surface area contributed by atoms with Crippen LogP contribution in [0, 0.1) is 6.92 Å². The summed E-state index contributed by atoms with van der Waals surface area (Å²) in [7, 11) is 3.90. The lowest BCUT2D eigenvalue weighted by atomic mass is 10.4. The Morgan fingerprint density at radius 2 is 2.09 bits per heavy atom. The Kier molecular flexibility index (Phi) is 2.44. The molecule has 0 bridgehead atoms. The van der Waals surface area contributed by atoms with E-state index in [4.69, 9.17) is 0 Å². The van der Waals surface area contributed by atoms with Crippen molar-refractivity contribution in [2.45, 2.75) is 6.92 Å². The van der Waals surface area contributed by atoms with Gasteiger partial charge in [0.15, 0.2) is 0 Å². The molecule has 3 nitrogen and oxygen atoms in total. The first kappa shape index (κ1) is 8.46. The second kappa shape index (κ2) is 3.17. The molecular weight excluding hydrogens is 206 g/mol. The summed E-state index contributed by atoms with van der Waals surface area (Å²) in [6.07, 6.45) is 1.70. The second-order valence-corrected chi connectivity index (χ2v) is 3.31. The van der Waals surface area contributed by atoms with Crippen molar-refractivity contribution in [2.75, 3.05) is 19.0 Å². The Morgan fingerprint density at radius 3 is 2.55 bits per heavy atom. The van der Waals surface area contributed by atoms with Crippen molar-refractivity contribution >= 4 is 21.7 Å². The molecule has 0 aliphatic carbocycles. The fraction of sp³-hybridized carbons (Fsp3) is 0.429. The van der Waals surface area contributed by atoms with E-state index in [1.165, 1.54) is 0 Å². The summed E-state index contributed by atoms with van der Waals surface area (Å²) < 4.78 is 0.778. The molecule has 1 heterocycles. The highest BCUT2D eigenvalue weighted by Crippen LogP contribution is 2.13. The molecule has 0 unspecified atom stereocenters. The summed E-state index contributed by atoms with van der Waals surface area (Å²) in [4.78, 5) is 10.3. The highest BCUT2D eigenvalue weighted by Gasteiger charge is 2.02. The molecule has 11 heavy (non-hydrogen) atoms. The highest BCUT2D eigenvalue weighted by atomic mass is 79.9. The van der Waals surface area contributed by atoms with Crippen molar-refractivity contribution in [2.24, 2.45) is 0 Å². The van der Waals surface area contributed by atoms with E-state index in [0.717, 1.165) is 16.1 Å². The molecule has 0 amide bonds. The molecule has 0 saturated heterocycles. The standard InChI is InChI=1S/C7H10BrN3/c1-5-7(11(2)3)9-4-6(8)10-5/h4H,1-3H3. The monoisotopic (exact) mass is 215 g/mol. The summed E-state index contributed by atoms with van der Waals surface area (Å²) >= 11 is 3.25. The lowest BCUT2D eigenvalue weighted by Gasteiger charge is -2.12. The van der Waals surface area contributed by atoms with Crippen LogP contribution in [0.5, 0.6) is 0 Å². The van der Waals surface area contributed by atoms with Crippen molar-refractivity contribution in [3.05, 3.63) is 16.5 Å². The van der Waals surface area contributed by atoms with Gasteiger partial charge in [0.25, 0.3) is 0 Å². The molecule has 0 atom stereocenters. The summed E-state index contributed by atoms with van der Waals surface area (Å²) in [5.74, 6) is 0.910. The second-order valence-electron chi connectivity index (χ2n) is 2.50. The number of rotatable bonds is 1. The van der Waals surface area contributed by atoms with Gasteiger partial charge in [-0.1, -0.05) is 0 Å². The number of nitrogens with zero attached hydrogens (tertiary/aromatic N) is 3. The van der Waals surface area contributed by atoms with Crippen LogP contribution in [0.15, 0.2) is 10.8 Å². The molecule has 0 aliphatic heterocycles. The van der Waals surface area contributed by atoms with E-state index in [1.807, 2.05) is 25.9 Å². The van der Waals surface area contributed by atoms with Crippen LogP contribution in [0.25, 0.3) is 0 Å². The Bertz CT molecular complexity index is 260. The van der Waals surface area contributed by atoms with Crippen LogP contribution >= 0.6 is 15.9 Å². The number of aromatic nitrogens is 2. The van der Waals surface area contributed by atoms with Gasteiger partial charge in [-0.15, -0.1) is 0 Å². The molecule has 0 fully saturated rings. The topological polar surface area (TPSA) is 29.0 Å². The molecule has 0 radical (unpaired) electrons. The van der Waals surface area contributed by atoms with Crippen LogP contribution < -0.4 is 4.90 Å². The molecule has 4 heteroatoms. The van der Waals surface area contributed by atoms with Gasteiger partial charge in [0.05, 0.1) is 11.9 Å². The Hall–Kier alpha value is -0.640. The normalized spacial score (nSPS) is 9.82. The molecule has 60 valence electrons. The number of anilines is 1. The first-order valence-electron chi connectivity index (χ1n) is 3.27. The lowest BCUT2D eigenvalue weighted by Crippen LogP contribution is -2.12. The molecule has 1 aromatic heterocycles. The average molecular weight is 216 g/mol. The van der Waals surface area contributed by atoms with E-state index >= 15 is 0 Å². The summed E-state index contributed by atoms with van der Waals surface area (Å²) in [5.41, 5.74) is 0.935. The zero-order chi connectivity index (χ0) is 8.43. The number of hydrogen-bond donors (Lipinski definition) is 0. The zero-order valence-corrected chi connectivity index (χ0v) is 8.38. The minimum absolute atomic E-state index is 0.778. The predicted molar refractivity (Wildman–Crippen MR) is 48.8 cm³/mol. The average Bonchev–Trinajstić information content (AvgIpc) is 1.85. The van der Waals surface area contributed by atoms with Crippen molar-refractivity contribution in [1.29, 1.82) is 0 Å². The molecule has 1 aromatic rings. The molecule has 0 aromatic carbocycles. The van der Waals surface area contributed by atoms with Gasteiger partial charge in [0.1, 0.15) is 10.4 Å². The van der Waals surface area contributed by atoms with Crippen LogP contribution in [-0.2, 0) is 0 Å². The van der Waals surface area contributed by atoms with Gasteiger partial charge in [-0.3, -0.25) is 0 Å². The largest absolute Gasteiger partial charge is 0.361 e. The van der Waals surface area contributed by atoms with Gasteiger partial charge in [-0.2, -0.15) is 0 Å². The predicted octanol–water partition coefficient (Wildman–Crippen LogP) is 1.61. The third-order valence-electron chi connectivity index (χ3n) is 1.32. The van der Waals surface area contributed by atoms with Crippen LogP contribution in [0.1, 0.15) is 5.69 Å².